The number of rotatable bonds is 1. The fraction of sp³-hybridized carbons (Fsp3) is 0.250. The van der Waals surface area contributed by atoms with Crippen molar-refractivity contribution in [2.24, 2.45) is 0 Å². The van der Waals surface area contributed by atoms with Gasteiger partial charge in [-0.15, -0.1) is 0 Å². The maximum absolute atomic E-state index is 5.66. The molecule has 0 bridgehead atoms. The molecule has 4 heteroatoms. The summed E-state index contributed by atoms with van der Waals surface area (Å²) in [4.78, 5) is 0. The van der Waals surface area contributed by atoms with Crippen molar-refractivity contribution in [3.8, 4) is 34.1 Å². The minimum Gasteiger partial charge on any atom is -0.454 e. The normalized spacial score (nSPS) is 14.7. The minimum atomic E-state index is 0.261. The third-order valence-electron chi connectivity index (χ3n) is 3.75. The molecule has 2 aliphatic heterocycles. The summed E-state index contributed by atoms with van der Waals surface area (Å²) in [6, 6.07) is 7.96. The zero-order chi connectivity index (χ0) is 13.7. The number of hydrogen-bond acceptors (Lipinski definition) is 4. The van der Waals surface area contributed by atoms with Crippen molar-refractivity contribution in [1.29, 1.82) is 0 Å². The Bertz CT molecular complexity index is 645. The van der Waals surface area contributed by atoms with Gasteiger partial charge in [0.15, 0.2) is 23.0 Å². The van der Waals surface area contributed by atoms with Crippen molar-refractivity contribution in [1.82, 2.24) is 0 Å². The van der Waals surface area contributed by atoms with Crippen molar-refractivity contribution < 1.29 is 18.9 Å². The molecule has 2 aromatic carbocycles. The fourth-order valence-corrected chi connectivity index (χ4v) is 2.76. The van der Waals surface area contributed by atoms with E-state index in [1.807, 2.05) is 24.3 Å². The lowest BCUT2D eigenvalue weighted by Gasteiger charge is -2.14. The highest BCUT2D eigenvalue weighted by molar-refractivity contribution is 5.85. The fourth-order valence-electron chi connectivity index (χ4n) is 2.76. The van der Waals surface area contributed by atoms with E-state index in [9.17, 15) is 0 Å². The molecule has 0 radical (unpaired) electrons. The van der Waals surface area contributed by atoms with Crippen LogP contribution in [-0.2, 0) is 0 Å². The highest BCUT2D eigenvalue weighted by Crippen LogP contribution is 2.50. The Balaban J connectivity index is 2.04. The molecule has 20 heavy (non-hydrogen) atoms. The van der Waals surface area contributed by atoms with Gasteiger partial charge in [0, 0.05) is 11.1 Å². The van der Waals surface area contributed by atoms with E-state index in [2.05, 4.69) is 13.8 Å². The number of hydrogen-bond donors (Lipinski definition) is 0. The van der Waals surface area contributed by atoms with Crippen molar-refractivity contribution in [3.63, 3.8) is 0 Å². The predicted octanol–water partition coefficient (Wildman–Crippen LogP) is 3.43. The molecular formula is C16H14O4. The Hall–Kier alpha value is -2.36. The average Bonchev–Trinajstić information content (AvgIpc) is 3.08. The molecule has 0 saturated heterocycles. The van der Waals surface area contributed by atoms with Crippen LogP contribution in [0.5, 0.6) is 23.0 Å². The smallest absolute Gasteiger partial charge is 0.231 e. The molecule has 0 aliphatic carbocycles. The van der Waals surface area contributed by atoms with Crippen LogP contribution in [0.25, 0.3) is 11.1 Å². The first-order chi connectivity index (χ1) is 9.75. The van der Waals surface area contributed by atoms with Crippen LogP contribution in [-0.4, -0.2) is 13.6 Å². The van der Waals surface area contributed by atoms with Gasteiger partial charge in [-0.3, -0.25) is 0 Å². The molecule has 2 aliphatic rings. The van der Waals surface area contributed by atoms with Gasteiger partial charge in [-0.25, -0.2) is 0 Å². The van der Waals surface area contributed by atoms with Crippen molar-refractivity contribution in [3.05, 3.63) is 35.4 Å². The highest BCUT2D eigenvalue weighted by Gasteiger charge is 2.27. The Morgan fingerprint density at radius 2 is 1.10 bits per heavy atom. The quantitative estimate of drug-likeness (QED) is 0.795. The number of aryl methyl sites for hydroxylation is 2. The SMILES string of the molecule is Cc1ccc2c(c1-c1c(C)ccc3c1OCO3)OCO2. The lowest BCUT2D eigenvalue weighted by Crippen LogP contribution is -1.96. The second kappa shape index (κ2) is 4.07. The van der Waals surface area contributed by atoms with Crippen LogP contribution < -0.4 is 18.9 Å². The standard InChI is InChI=1S/C16H14O4/c1-9-3-5-11-15(19-7-17-11)13(9)14-10(2)4-6-12-16(14)20-8-18-12/h3-6H,7-8H2,1-2H3. The molecule has 0 fully saturated rings. The van der Waals surface area contributed by atoms with Crippen LogP contribution >= 0.6 is 0 Å². The first kappa shape index (κ1) is 11.5. The topological polar surface area (TPSA) is 36.9 Å². The zero-order valence-corrected chi connectivity index (χ0v) is 11.4. The van der Waals surface area contributed by atoms with Gasteiger partial charge in [0.25, 0.3) is 0 Å². The number of ether oxygens (including phenoxy) is 4. The summed E-state index contributed by atoms with van der Waals surface area (Å²) in [5.41, 5.74) is 4.31. The van der Waals surface area contributed by atoms with Crippen molar-refractivity contribution >= 4 is 0 Å². The van der Waals surface area contributed by atoms with Gasteiger partial charge < -0.3 is 18.9 Å². The molecule has 0 spiro atoms. The summed E-state index contributed by atoms with van der Waals surface area (Å²) in [7, 11) is 0. The van der Waals surface area contributed by atoms with Crippen LogP contribution in [0.3, 0.4) is 0 Å². The Labute approximate surface area is 116 Å². The van der Waals surface area contributed by atoms with Crippen LogP contribution in [0, 0.1) is 13.8 Å². The monoisotopic (exact) mass is 270 g/mol. The molecule has 102 valence electrons. The van der Waals surface area contributed by atoms with Gasteiger partial charge in [-0.1, -0.05) is 12.1 Å². The average molecular weight is 270 g/mol. The molecule has 0 unspecified atom stereocenters. The lowest BCUT2D eigenvalue weighted by atomic mass is 9.94. The summed E-state index contributed by atoms with van der Waals surface area (Å²) in [5.74, 6) is 3.14. The van der Waals surface area contributed by atoms with Crippen LogP contribution in [0.15, 0.2) is 24.3 Å². The van der Waals surface area contributed by atoms with Gasteiger partial charge in [-0.05, 0) is 37.1 Å². The van der Waals surface area contributed by atoms with Gasteiger partial charge in [0.1, 0.15) is 0 Å². The van der Waals surface area contributed by atoms with Gasteiger partial charge in [0.05, 0.1) is 0 Å². The molecule has 0 N–H and O–H groups in total. The Morgan fingerprint density at radius 3 is 1.55 bits per heavy atom. The molecular weight excluding hydrogens is 256 g/mol. The lowest BCUT2D eigenvalue weighted by molar-refractivity contribution is 0.173. The largest absolute Gasteiger partial charge is 0.454 e. The highest BCUT2D eigenvalue weighted by atomic mass is 16.7. The second-order valence-electron chi connectivity index (χ2n) is 4.98. The maximum Gasteiger partial charge on any atom is 0.231 e. The number of benzene rings is 2. The van der Waals surface area contributed by atoms with Crippen molar-refractivity contribution in [2.75, 3.05) is 13.6 Å². The van der Waals surface area contributed by atoms with E-state index in [0.717, 1.165) is 45.3 Å². The van der Waals surface area contributed by atoms with E-state index in [-0.39, 0.29) is 13.6 Å². The molecule has 0 amide bonds. The molecule has 2 heterocycles. The van der Waals surface area contributed by atoms with E-state index < -0.39 is 0 Å². The maximum atomic E-state index is 5.66. The van der Waals surface area contributed by atoms with E-state index in [0.29, 0.717) is 0 Å². The van der Waals surface area contributed by atoms with Crippen LogP contribution in [0.2, 0.25) is 0 Å². The Kier molecular flexibility index (Phi) is 2.33. The third-order valence-corrected chi connectivity index (χ3v) is 3.75. The zero-order valence-electron chi connectivity index (χ0n) is 11.4. The summed E-state index contributed by atoms with van der Waals surface area (Å²) < 4.78 is 22.3. The summed E-state index contributed by atoms with van der Waals surface area (Å²) >= 11 is 0. The first-order valence-corrected chi connectivity index (χ1v) is 6.54. The number of fused-ring (bicyclic) bond motifs is 2. The molecule has 0 saturated carbocycles. The van der Waals surface area contributed by atoms with Crippen molar-refractivity contribution in [2.45, 2.75) is 13.8 Å². The molecule has 0 atom stereocenters. The summed E-state index contributed by atoms with van der Waals surface area (Å²) in [6.07, 6.45) is 0. The molecule has 0 aromatic heterocycles. The summed E-state index contributed by atoms with van der Waals surface area (Å²) in [6.45, 7) is 4.65. The third kappa shape index (κ3) is 1.48. The van der Waals surface area contributed by atoms with Crippen LogP contribution in [0.1, 0.15) is 11.1 Å². The first-order valence-electron chi connectivity index (χ1n) is 6.54. The van der Waals surface area contributed by atoms with Crippen LogP contribution in [0.4, 0.5) is 0 Å². The predicted molar refractivity (Wildman–Crippen MR) is 73.6 cm³/mol. The van der Waals surface area contributed by atoms with E-state index in [1.165, 1.54) is 0 Å². The molecule has 4 nitrogen and oxygen atoms in total. The second-order valence-corrected chi connectivity index (χ2v) is 4.98. The van der Waals surface area contributed by atoms with Gasteiger partial charge in [0.2, 0.25) is 13.6 Å². The van der Waals surface area contributed by atoms with E-state index in [4.69, 9.17) is 18.9 Å². The Morgan fingerprint density at radius 1 is 0.650 bits per heavy atom. The van der Waals surface area contributed by atoms with E-state index >= 15 is 0 Å². The minimum absolute atomic E-state index is 0.261. The molecule has 2 aromatic rings. The molecule has 4 rings (SSSR count). The van der Waals surface area contributed by atoms with Gasteiger partial charge >= 0.3 is 0 Å². The van der Waals surface area contributed by atoms with Gasteiger partial charge in [-0.2, -0.15) is 0 Å². The summed E-state index contributed by atoms with van der Waals surface area (Å²) in [5, 5.41) is 0. The van der Waals surface area contributed by atoms with E-state index in [1.54, 1.807) is 0 Å².